The quantitative estimate of drug-likeness (QED) is 0.579. The molecule has 0 atom stereocenters. The van der Waals surface area contributed by atoms with Gasteiger partial charge in [0.15, 0.2) is 5.69 Å². The molecule has 2 aromatic heterocycles. The summed E-state index contributed by atoms with van der Waals surface area (Å²) in [5, 5.41) is 27.7. The minimum atomic E-state index is -1.03. The summed E-state index contributed by atoms with van der Waals surface area (Å²) in [6, 6.07) is 3.55. The molecule has 0 bridgehead atoms. The van der Waals surface area contributed by atoms with Crippen molar-refractivity contribution in [3.05, 3.63) is 35.9 Å². The molecule has 3 heterocycles. The Balaban J connectivity index is 1.67. The number of anilines is 3. The Morgan fingerprint density at radius 1 is 1.22 bits per heavy atom. The van der Waals surface area contributed by atoms with Gasteiger partial charge in [0.2, 0.25) is 0 Å². The molecule has 2 aromatic rings. The van der Waals surface area contributed by atoms with Crippen LogP contribution in [0.15, 0.2) is 24.7 Å². The Morgan fingerprint density at radius 2 is 2.00 bits per heavy atom. The first kappa shape index (κ1) is 18.5. The third-order valence-electron chi connectivity index (χ3n) is 4.48. The van der Waals surface area contributed by atoms with Gasteiger partial charge >= 0.3 is 5.97 Å². The van der Waals surface area contributed by atoms with Crippen molar-refractivity contribution in [3.8, 4) is 6.07 Å². The summed E-state index contributed by atoms with van der Waals surface area (Å²) >= 11 is 0. The maximum atomic E-state index is 11.5. The molecule has 27 heavy (non-hydrogen) atoms. The number of nitrogens with zero attached hydrogens (tertiary/aromatic N) is 4. The Kier molecular flexibility index (Phi) is 6.12. The van der Waals surface area contributed by atoms with E-state index in [1.807, 2.05) is 6.07 Å². The van der Waals surface area contributed by atoms with E-state index < -0.39 is 5.97 Å². The molecule has 9 nitrogen and oxygen atoms in total. The van der Waals surface area contributed by atoms with E-state index in [0.29, 0.717) is 29.8 Å². The number of piperidine rings is 1. The minimum Gasteiger partial charge on any atom is -0.478 e. The number of nitrogens with one attached hydrogen (secondary N) is 3. The van der Waals surface area contributed by atoms with Gasteiger partial charge in [-0.2, -0.15) is 5.26 Å². The molecule has 9 heteroatoms. The van der Waals surface area contributed by atoms with Crippen molar-refractivity contribution < 1.29 is 9.90 Å². The molecule has 0 radical (unpaired) electrons. The molecule has 0 unspecified atom stereocenters. The van der Waals surface area contributed by atoms with Gasteiger partial charge in [-0.15, -0.1) is 0 Å². The van der Waals surface area contributed by atoms with Gasteiger partial charge in [0.05, 0.1) is 18.1 Å². The zero-order chi connectivity index (χ0) is 19.1. The number of carbonyl (C=O) groups is 1. The summed E-state index contributed by atoms with van der Waals surface area (Å²) in [6.07, 6.45) is 7.38. The zero-order valence-corrected chi connectivity index (χ0v) is 14.8. The van der Waals surface area contributed by atoms with Crippen LogP contribution in [0.4, 0.5) is 17.3 Å². The third kappa shape index (κ3) is 5.12. The van der Waals surface area contributed by atoms with Gasteiger partial charge in [0, 0.05) is 18.8 Å². The lowest BCUT2D eigenvalue weighted by molar-refractivity contribution is 0.0697. The summed E-state index contributed by atoms with van der Waals surface area (Å²) in [6.45, 7) is 2.78. The molecule has 1 saturated heterocycles. The van der Waals surface area contributed by atoms with Crippen LogP contribution in [0, 0.1) is 17.2 Å². The van der Waals surface area contributed by atoms with Crippen molar-refractivity contribution >= 4 is 23.3 Å². The van der Waals surface area contributed by atoms with Crippen LogP contribution in [-0.2, 0) is 0 Å². The van der Waals surface area contributed by atoms with Gasteiger partial charge in [-0.3, -0.25) is 0 Å². The van der Waals surface area contributed by atoms with E-state index in [9.17, 15) is 9.90 Å². The molecule has 1 aliphatic rings. The maximum absolute atomic E-state index is 11.5. The number of carboxylic acids is 1. The van der Waals surface area contributed by atoms with Crippen molar-refractivity contribution in [1.29, 1.82) is 5.26 Å². The van der Waals surface area contributed by atoms with Crippen molar-refractivity contribution in [1.82, 2.24) is 20.3 Å². The molecular formula is C18H21N7O2. The lowest BCUT2D eigenvalue weighted by Gasteiger charge is -2.23. The average Bonchev–Trinajstić information content (AvgIpc) is 2.69. The topological polar surface area (TPSA) is 136 Å². The smallest absolute Gasteiger partial charge is 0.339 e. The van der Waals surface area contributed by atoms with E-state index in [1.165, 1.54) is 18.6 Å². The molecule has 0 aromatic carbocycles. The number of aromatic nitrogens is 3. The Morgan fingerprint density at radius 3 is 2.67 bits per heavy atom. The van der Waals surface area contributed by atoms with Gasteiger partial charge in [-0.25, -0.2) is 19.7 Å². The Bertz CT molecular complexity index is 827. The first-order valence-electron chi connectivity index (χ1n) is 8.83. The number of hydrogen-bond acceptors (Lipinski definition) is 8. The minimum absolute atomic E-state index is 0.122. The van der Waals surface area contributed by atoms with Gasteiger partial charge in [-0.05, 0) is 38.3 Å². The van der Waals surface area contributed by atoms with Crippen LogP contribution in [-0.4, -0.2) is 45.7 Å². The van der Waals surface area contributed by atoms with Crippen molar-refractivity contribution in [2.45, 2.75) is 19.3 Å². The Labute approximate surface area is 156 Å². The van der Waals surface area contributed by atoms with E-state index in [1.54, 1.807) is 6.07 Å². The summed E-state index contributed by atoms with van der Waals surface area (Å²) in [4.78, 5) is 23.6. The normalized spacial score (nSPS) is 14.3. The standard InChI is InChI=1S/C18H21N7O2/c19-8-13-9-23-17(11-22-13)25-16-7-15(14(10-24-16)18(26)27)21-6-3-12-1-4-20-5-2-12/h7,9-12,20H,1-6H2,(H,26,27)(H2,21,23,24,25). The van der Waals surface area contributed by atoms with Crippen LogP contribution in [0.3, 0.4) is 0 Å². The second-order valence-corrected chi connectivity index (χ2v) is 6.35. The van der Waals surface area contributed by atoms with Gasteiger partial charge < -0.3 is 21.1 Å². The lowest BCUT2D eigenvalue weighted by Crippen LogP contribution is -2.28. The SMILES string of the molecule is N#Cc1cnc(Nc2cc(NCCC3CCNCC3)c(C(=O)O)cn2)cn1. The molecular weight excluding hydrogens is 346 g/mol. The number of rotatable bonds is 7. The molecule has 0 saturated carbocycles. The average molecular weight is 367 g/mol. The molecule has 4 N–H and O–H groups in total. The summed E-state index contributed by atoms with van der Waals surface area (Å²) in [5.41, 5.74) is 0.849. The van der Waals surface area contributed by atoms with Gasteiger partial charge in [0.25, 0.3) is 0 Å². The van der Waals surface area contributed by atoms with E-state index in [0.717, 1.165) is 32.4 Å². The highest BCUT2D eigenvalue weighted by Gasteiger charge is 2.15. The molecule has 1 aliphatic heterocycles. The van der Waals surface area contributed by atoms with Gasteiger partial charge in [-0.1, -0.05) is 0 Å². The predicted molar refractivity (Wildman–Crippen MR) is 99.9 cm³/mol. The highest BCUT2D eigenvalue weighted by Crippen LogP contribution is 2.22. The number of carboxylic acid groups (broad SMARTS) is 1. The monoisotopic (exact) mass is 367 g/mol. The second-order valence-electron chi connectivity index (χ2n) is 6.35. The highest BCUT2D eigenvalue weighted by molar-refractivity contribution is 5.94. The first-order valence-corrected chi connectivity index (χ1v) is 8.83. The van der Waals surface area contributed by atoms with Crippen LogP contribution >= 0.6 is 0 Å². The second kappa shape index (κ2) is 8.91. The molecule has 0 aliphatic carbocycles. The van der Waals surface area contributed by atoms with Gasteiger partial charge in [0.1, 0.15) is 23.3 Å². The van der Waals surface area contributed by atoms with Crippen molar-refractivity contribution in [3.63, 3.8) is 0 Å². The molecule has 0 spiro atoms. The van der Waals surface area contributed by atoms with Crippen molar-refractivity contribution in [2.75, 3.05) is 30.3 Å². The van der Waals surface area contributed by atoms with Crippen LogP contribution in [0.2, 0.25) is 0 Å². The highest BCUT2D eigenvalue weighted by atomic mass is 16.4. The molecule has 1 fully saturated rings. The maximum Gasteiger partial charge on any atom is 0.339 e. The molecule has 3 rings (SSSR count). The Hall–Kier alpha value is -3.25. The fourth-order valence-electron chi connectivity index (χ4n) is 3.00. The van der Waals surface area contributed by atoms with E-state index in [2.05, 4.69) is 30.9 Å². The van der Waals surface area contributed by atoms with Crippen LogP contribution in [0.1, 0.15) is 35.3 Å². The molecule has 0 amide bonds. The fraction of sp³-hybridized carbons (Fsp3) is 0.389. The summed E-state index contributed by atoms with van der Waals surface area (Å²) in [5.74, 6) is 0.491. The van der Waals surface area contributed by atoms with Crippen molar-refractivity contribution in [2.24, 2.45) is 5.92 Å². The number of pyridine rings is 1. The number of hydrogen-bond donors (Lipinski definition) is 4. The number of nitriles is 1. The van der Waals surface area contributed by atoms with E-state index >= 15 is 0 Å². The summed E-state index contributed by atoms with van der Waals surface area (Å²) in [7, 11) is 0. The number of aromatic carboxylic acids is 1. The van der Waals surface area contributed by atoms with Crippen LogP contribution in [0.5, 0.6) is 0 Å². The van der Waals surface area contributed by atoms with E-state index in [4.69, 9.17) is 5.26 Å². The summed E-state index contributed by atoms with van der Waals surface area (Å²) < 4.78 is 0. The van der Waals surface area contributed by atoms with Crippen LogP contribution in [0.25, 0.3) is 0 Å². The van der Waals surface area contributed by atoms with Crippen LogP contribution < -0.4 is 16.0 Å². The zero-order valence-electron chi connectivity index (χ0n) is 14.8. The van der Waals surface area contributed by atoms with E-state index in [-0.39, 0.29) is 11.3 Å². The molecule has 140 valence electrons. The predicted octanol–water partition coefficient (Wildman–Crippen LogP) is 1.99. The lowest BCUT2D eigenvalue weighted by atomic mass is 9.95. The third-order valence-corrected chi connectivity index (χ3v) is 4.48. The first-order chi connectivity index (χ1) is 13.2. The fourth-order valence-corrected chi connectivity index (χ4v) is 3.00. The largest absolute Gasteiger partial charge is 0.478 e.